The summed E-state index contributed by atoms with van der Waals surface area (Å²) < 4.78 is 37.7. The maximum Gasteiger partial charge on any atom is 0.319 e. The third-order valence-corrected chi connectivity index (χ3v) is 3.69. The molecule has 1 aromatic rings. The van der Waals surface area contributed by atoms with Crippen LogP contribution in [0.4, 0.5) is 18.9 Å². The molecule has 0 aromatic heterocycles. The van der Waals surface area contributed by atoms with Crippen LogP contribution in [0.3, 0.4) is 0 Å². The number of carbonyl (C=O) groups excluding carboxylic acids is 1. The van der Waals surface area contributed by atoms with E-state index in [-0.39, 0.29) is 5.75 Å². The Hall–Kier alpha value is -1.70. The summed E-state index contributed by atoms with van der Waals surface area (Å²) in [5.41, 5.74) is -0.498. The molecule has 1 aromatic carbocycles. The average Bonchev–Trinajstić information content (AvgIpc) is 2.37. The van der Waals surface area contributed by atoms with Crippen molar-refractivity contribution in [2.75, 3.05) is 11.1 Å². The van der Waals surface area contributed by atoms with Crippen molar-refractivity contribution >= 4 is 29.3 Å². The molecule has 0 unspecified atom stereocenters. The van der Waals surface area contributed by atoms with Gasteiger partial charge in [0.15, 0.2) is 17.5 Å². The number of benzene rings is 1. The van der Waals surface area contributed by atoms with Crippen LogP contribution in [0.25, 0.3) is 0 Å². The van der Waals surface area contributed by atoms with E-state index in [1.807, 2.05) is 0 Å². The molecule has 0 spiro atoms. The van der Waals surface area contributed by atoms with Gasteiger partial charge in [-0.1, -0.05) is 0 Å². The quantitative estimate of drug-likeness (QED) is 0.821. The summed E-state index contributed by atoms with van der Waals surface area (Å²) in [7, 11) is 0. The van der Waals surface area contributed by atoms with E-state index in [4.69, 9.17) is 5.11 Å². The van der Waals surface area contributed by atoms with Crippen molar-refractivity contribution < 1.29 is 27.9 Å². The molecular weight excluding hydrogens is 295 g/mol. The molecule has 1 amide bonds. The fourth-order valence-electron chi connectivity index (χ4n) is 1.12. The molecule has 0 saturated carbocycles. The Labute approximate surface area is 117 Å². The van der Waals surface area contributed by atoms with Crippen LogP contribution in [-0.4, -0.2) is 27.5 Å². The van der Waals surface area contributed by atoms with E-state index in [9.17, 15) is 22.8 Å². The Morgan fingerprint density at radius 2 is 1.85 bits per heavy atom. The maximum atomic E-state index is 13.3. The SMILES string of the molecule is CC(C)(SCC(=O)Nc1ccc(F)c(F)c1F)C(=O)O. The highest BCUT2D eigenvalue weighted by atomic mass is 32.2. The first-order valence-corrected chi connectivity index (χ1v) is 6.44. The molecular formula is C12H12F3NO3S. The van der Waals surface area contributed by atoms with Crippen LogP contribution in [0.1, 0.15) is 13.8 Å². The number of carbonyl (C=O) groups is 2. The lowest BCUT2D eigenvalue weighted by atomic mass is 10.2. The zero-order chi connectivity index (χ0) is 15.5. The van der Waals surface area contributed by atoms with E-state index in [0.29, 0.717) is 6.07 Å². The molecule has 0 fully saturated rings. The largest absolute Gasteiger partial charge is 0.480 e. The molecule has 4 nitrogen and oxygen atoms in total. The Kier molecular flexibility index (Phi) is 5.04. The number of anilines is 1. The topological polar surface area (TPSA) is 66.4 Å². The molecule has 0 aliphatic heterocycles. The van der Waals surface area contributed by atoms with Gasteiger partial charge in [0, 0.05) is 0 Å². The summed E-state index contributed by atoms with van der Waals surface area (Å²) in [5.74, 6) is -6.62. The molecule has 0 radical (unpaired) electrons. The Balaban J connectivity index is 2.69. The normalized spacial score (nSPS) is 11.2. The predicted molar refractivity (Wildman–Crippen MR) is 69.1 cm³/mol. The van der Waals surface area contributed by atoms with Crippen molar-refractivity contribution in [2.45, 2.75) is 18.6 Å². The lowest BCUT2D eigenvalue weighted by Crippen LogP contribution is -2.29. The fraction of sp³-hybridized carbons (Fsp3) is 0.333. The number of thioether (sulfide) groups is 1. The van der Waals surface area contributed by atoms with Crippen LogP contribution in [0.2, 0.25) is 0 Å². The van der Waals surface area contributed by atoms with Gasteiger partial charge in [-0.2, -0.15) is 0 Å². The minimum Gasteiger partial charge on any atom is -0.480 e. The van der Waals surface area contributed by atoms with Crippen molar-refractivity contribution in [3.63, 3.8) is 0 Å². The number of nitrogens with one attached hydrogen (secondary N) is 1. The van der Waals surface area contributed by atoms with Gasteiger partial charge in [-0.25, -0.2) is 13.2 Å². The number of aliphatic carboxylic acids is 1. The molecule has 0 aliphatic carbocycles. The minimum absolute atomic E-state index is 0.266. The summed E-state index contributed by atoms with van der Waals surface area (Å²) in [4.78, 5) is 22.3. The summed E-state index contributed by atoms with van der Waals surface area (Å²) in [5, 5.41) is 10.9. The van der Waals surface area contributed by atoms with E-state index in [1.54, 1.807) is 0 Å². The Morgan fingerprint density at radius 3 is 2.40 bits per heavy atom. The molecule has 8 heteroatoms. The van der Waals surface area contributed by atoms with Crippen molar-refractivity contribution in [3.05, 3.63) is 29.6 Å². The van der Waals surface area contributed by atoms with Crippen molar-refractivity contribution in [2.24, 2.45) is 0 Å². The molecule has 110 valence electrons. The maximum absolute atomic E-state index is 13.3. The van der Waals surface area contributed by atoms with Crippen LogP contribution in [0.5, 0.6) is 0 Å². The standard InChI is InChI=1S/C12H12F3NO3S/c1-12(2,11(18)19)20-5-8(17)16-7-4-3-6(13)9(14)10(7)15/h3-4H,5H2,1-2H3,(H,16,17)(H,18,19). The van der Waals surface area contributed by atoms with Crippen molar-refractivity contribution in [1.29, 1.82) is 0 Å². The first-order valence-electron chi connectivity index (χ1n) is 5.46. The number of carboxylic acids is 1. The van der Waals surface area contributed by atoms with Gasteiger partial charge in [0.05, 0.1) is 11.4 Å². The Morgan fingerprint density at radius 1 is 1.25 bits per heavy atom. The van der Waals surface area contributed by atoms with Crippen molar-refractivity contribution in [3.8, 4) is 0 Å². The second-order valence-corrected chi connectivity index (χ2v) is 5.97. The Bertz CT molecular complexity index is 549. The summed E-state index contributed by atoms with van der Waals surface area (Å²) in [6.07, 6.45) is 0. The van der Waals surface area contributed by atoms with Crippen LogP contribution < -0.4 is 5.32 Å². The van der Waals surface area contributed by atoms with Crippen LogP contribution in [0.15, 0.2) is 12.1 Å². The van der Waals surface area contributed by atoms with Crippen molar-refractivity contribution in [1.82, 2.24) is 0 Å². The molecule has 0 aliphatic rings. The van der Waals surface area contributed by atoms with Crippen LogP contribution in [0, 0.1) is 17.5 Å². The zero-order valence-corrected chi connectivity index (χ0v) is 11.5. The van der Waals surface area contributed by atoms with Gasteiger partial charge in [0.1, 0.15) is 4.75 Å². The highest BCUT2D eigenvalue weighted by Gasteiger charge is 2.28. The molecule has 0 bridgehead atoms. The molecule has 1 rings (SSSR count). The molecule has 0 atom stereocenters. The lowest BCUT2D eigenvalue weighted by molar-refractivity contribution is -0.138. The van der Waals surface area contributed by atoms with E-state index in [0.717, 1.165) is 17.8 Å². The molecule has 0 heterocycles. The monoisotopic (exact) mass is 307 g/mol. The number of rotatable bonds is 5. The highest BCUT2D eigenvalue weighted by Crippen LogP contribution is 2.25. The first kappa shape index (κ1) is 16.4. The third kappa shape index (κ3) is 3.89. The smallest absolute Gasteiger partial charge is 0.319 e. The zero-order valence-electron chi connectivity index (χ0n) is 10.7. The number of hydrogen-bond acceptors (Lipinski definition) is 3. The average molecular weight is 307 g/mol. The number of amides is 1. The number of carboxylic acid groups (broad SMARTS) is 1. The second kappa shape index (κ2) is 6.17. The van der Waals surface area contributed by atoms with E-state index >= 15 is 0 Å². The minimum atomic E-state index is -1.68. The number of halogens is 3. The van der Waals surface area contributed by atoms with Gasteiger partial charge in [0.2, 0.25) is 5.91 Å². The summed E-state index contributed by atoms with van der Waals surface area (Å²) >= 11 is 0.826. The predicted octanol–water partition coefficient (Wildman–Crippen LogP) is 2.64. The van der Waals surface area contributed by atoms with Gasteiger partial charge >= 0.3 is 5.97 Å². The fourth-order valence-corrected chi connectivity index (χ4v) is 1.80. The summed E-state index contributed by atoms with van der Waals surface area (Å²) in [6, 6.07) is 1.57. The van der Waals surface area contributed by atoms with Gasteiger partial charge in [-0.15, -0.1) is 11.8 Å². The van der Waals surface area contributed by atoms with Gasteiger partial charge in [0.25, 0.3) is 0 Å². The molecule has 20 heavy (non-hydrogen) atoms. The van der Waals surface area contributed by atoms with Gasteiger partial charge < -0.3 is 10.4 Å². The van der Waals surface area contributed by atoms with Gasteiger partial charge in [-0.3, -0.25) is 9.59 Å². The van der Waals surface area contributed by atoms with E-state index < -0.39 is 39.8 Å². The lowest BCUT2D eigenvalue weighted by Gasteiger charge is -2.17. The highest BCUT2D eigenvalue weighted by molar-refractivity contribution is 8.02. The second-order valence-electron chi connectivity index (χ2n) is 4.38. The first-order chi connectivity index (χ1) is 9.15. The van der Waals surface area contributed by atoms with Crippen LogP contribution in [-0.2, 0) is 9.59 Å². The number of hydrogen-bond donors (Lipinski definition) is 2. The summed E-state index contributed by atoms with van der Waals surface area (Å²) in [6.45, 7) is 2.82. The molecule has 2 N–H and O–H groups in total. The van der Waals surface area contributed by atoms with E-state index in [2.05, 4.69) is 5.32 Å². The third-order valence-electron chi connectivity index (χ3n) is 2.39. The van der Waals surface area contributed by atoms with Crippen LogP contribution >= 0.6 is 11.8 Å². The van der Waals surface area contributed by atoms with Gasteiger partial charge in [-0.05, 0) is 26.0 Å². The molecule has 0 saturated heterocycles. The van der Waals surface area contributed by atoms with E-state index in [1.165, 1.54) is 13.8 Å².